The third-order valence-corrected chi connectivity index (χ3v) is 2.40. The second-order valence-electron chi connectivity index (χ2n) is 3.63. The van der Waals surface area contributed by atoms with Gasteiger partial charge < -0.3 is 4.74 Å². The molecule has 20 heavy (non-hydrogen) atoms. The number of alkyl halides is 3. The molecular formula is C12H7F3N4O. The van der Waals surface area contributed by atoms with Crippen LogP contribution in [0.3, 0.4) is 0 Å². The van der Waals surface area contributed by atoms with E-state index in [0.717, 1.165) is 7.11 Å². The molecule has 8 heteroatoms. The lowest BCUT2D eigenvalue weighted by Crippen LogP contribution is -2.14. The number of nitriles is 1. The van der Waals surface area contributed by atoms with Crippen molar-refractivity contribution in [3.8, 4) is 23.3 Å². The average Bonchev–Trinajstić information content (AvgIpc) is 2.45. The van der Waals surface area contributed by atoms with E-state index in [9.17, 15) is 13.2 Å². The molecule has 0 saturated heterocycles. The van der Waals surface area contributed by atoms with Crippen molar-refractivity contribution in [2.24, 2.45) is 0 Å². The largest absolute Gasteiger partial charge is 0.480 e. The van der Waals surface area contributed by atoms with Gasteiger partial charge in [-0.1, -0.05) is 0 Å². The van der Waals surface area contributed by atoms with Crippen LogP contribution in [-0.4, -0.2) is 22.1 Å². The van der Waals surface area contributed by atoms with Gasteiger partial charge in [0.15, 0.2) is 17.1 Å². The molecule has 2 aromatic heterocycles. The van der Waals surface area contributed by atoms with E-state index in [0.29, 0.717) is 5.56 Å². The molecule has 0 radical (unpaired) electrons. The normalized spacial score (nSPS) is 10.9. The molecule has 0 atom stereocenters. The number of nitrogens with zero attached hydrogens (tertiary/aromatic N) is 4. The van der Waals surface area contributed by atoms with Crippen LogP contribution in [0.1, 0.15) is 11.3 Å². The Morgan fingerprint density at radius 1 is 1.20 bits per heavy atom. The number of ether oxygens (including phenoxy) is 1. The van der Waals surface area contributed by atoms with Crippen LogP contribution in [0, 0.1) is 11.3 Å². The Balaban J connectivity index is 2.69. The molecule has 0 spiro atoms. The van der Waals surface area contributed by atoms with E-state index in [1.54, 1.807) is 0 Å². The van der Waals surface area contributed by atoms with Gasteiger partial charge in [0.2, 0.25) is 5.88 Å². The predicted octanol–water partition coefficient (Wildman–Crippen LogP) is 2.44. The van der Waals surface area contributed by atoms with Gasteiger partial charge >= 0.3 is 6.18 Å². The molecule has 2 rings (SSSR count). The molecule has 0 bridgehead atoms. The molecule has 0 saturated carbocycles. The van der Waals surface area contributed by atoms with Crippen LogP contribution in [0.5, 0.6) is 5.88 Å². The Kier molecular flexibility index (Phi) is 3.52. The van der Waals surface area contributed by atoms with E-state index in [2.05, 4.69) is 19.7 Å². The summed E-state index contributed by atoms with van der Waals surface area (Å²) in [4.78, 5) is 11.1. The van der Waals surface area contributed by atoms with Crippen LogP contribution < -0.4 is 4.74 Å². The number of hydrogen-bond acceptors (Lipinski definition) is 5. The summed E-state index contributed by atoms with van der Waals surface area (Å²) in [6.07, 6.45) is -1.89. The summed E-state index contributed by atoms with van der Waals surface area (Å²) >= 11 is 0. The maximum absolute atomic E-state index is 12.9. The molecule has 0 aliphatic heterocycles. The molecule has 0 amide bonds. The zero-order chi connectivity index (χ0) is 14.8. The number of pyridine rings is 1. The first-order valence-corrected chi connectivity index (χ1v) is 5.31. The second-order valence-corrected chi connectivity index (χ2v) is 3.63. The first kappa shape index (κ1) is 13.7. The number of aromatic nitrogens is 3. The Bertz CT molecular complexity index is 665. The maximum Gasteiger partial charge on any atom is 0.424 e. The van der Waals surface area contributed by atoms with Crippen molar-refractivity contribution in [2.45, 2.75) is 6.18 Å². The lowest BCUT2D eigenvalue weighted by molar-refractivity contribution is -0.139. The first-order valence-electron chi connectivity index (χ1n) is 5.31. The summed E-state index contributed by atoms with van der Waals surface area (Å²) in [5, 5.41) is 8.86. The number of hydrogen-bond donors (Lipinski definition) is 0. The predicted molar refractivity (Wildman–Crippen MR) is 61.5 cm³/mol. The van der Waals surface area contributed by atoms with Crippen molar-refractivity contribution in [3.05, 3.63) is 35.8 Å². The highest BCUT2D eigenvalue weighted by atomic mass is 19.4. The van der Waals surface area contributed by atoms with Gasteiger partial charge in [0, 0.05) is 18.0 Å². The van der Waals surface area contributed by atoms with Gasteiger partial charge in [0.25, 0.3) is 0 Å². The van der Waals surface area contributed by atoms with Crippen molar-refractivity contribution >= 4 is 0 Å². The highest BCUT2D eigenvalue weighted by Gasteiger charge is 2.40. The fraction of sp³-hybridized carbons (Fsp3) is 0.167. The quantitative estimate of drug-likeness (QED) is 0.844. The zero-order valence-corrected chi connectivity index (χ0v) is 10.1. The molecule has 0 unspecified atom stereocenters. The fourth-order valence-corrected chi connectivity index (χ4v) is 1.55. The smallest absolute Gasteiger partial charge is 0.424 e. The van der Waals surface area contributed by atoms with Crippen molar-refractivity contribution in [1.82, 2.24) is 15.0 Å². The third kappa shape index (κ3) is 2.51. The zero-order valence-electron chi connectivity index (χ0n) is 10.1. The Morgan fingerprint density at radius 3 is 2.35 bits per heavy atom. The minimum atomic E-state index is -4.77. The molecular weight excluding hydrogens is 273 g/mol. The molecule has 2 heterocycles. The standard InChI is InChI=1S/C12H7F3N4O/c1-20-11-9(12(13,14)15)8(6-16)18-10(19-11)7-2-4-17-5-3-7/h2-5H,1H3. The van der Waals surface area contributed by atoms with E-state index in [4.69, 9.17) is 5.26 Å². The molecule has 2 aromatic rings. The van der Waals surface area contributed by atoms with Crippen molar-refractivity contribution in [2.75, 3.05) is 7.11 Å². The van der Waals surface area contributed by atoms with Gasteiger partial charge in [0.1, 0.15) is 6.07 Å². The minimum absolute atomic E-state index is 0.0335. The van der Waals surface area contributed by atoms with Crippen LogP contribution in [-0.2, 0) is 6.18 Å². The SMILES string of the molecule is COc1nc(-c2ccncc2)nc(C#N)c1C(F)(F)F. The summed E-state index contributed by atoms with van der Waals surface area (Å²) in [7, 11) is 1.05. The molecule has 102 valence electrons. The molecule has 0 aromatic carbocycles. The number of methoxy groups -OCH3 is 1. The summed E-state index contributed by atoms with van der Waals surface area (Å²) in [6.45, 7) is 0. The second kappa shape index (κ2) is 5.13. The monoisotopic (exact) mass is 280 g/mol. The van der Waals surface area contributed by atoms with E-state index < -0.39 is 23.3 Å². The van der Waals surface area contributed by atoms with Gasteiger partial charge in [-0.25, -0.2) is 4.98 Å². The van der Waals surface area contributed by atoms with Gasteiger partial charge in [-0.3, -0.25) is 4.98 Å². The molecule has 0 aliphatic rings. The van der Waals surface area contributed by atoms with Crippen molar-refractivity contribution in [3.63, 3.8) is 0 Å². The van der Waals surface area contributed by atoms with Crippen LogP contribution in [0.15, 0.2) is 24.5 Å². The molecule has 0 N–H and O–H groups in total. The van der Waals surface area contributed by atoms with E-state index in [1.165, 1.54) is 30.6 Å². The lowest BCUT2D eigenvalue weighted by atomic mass is 10.2. The molecule has 0 aliphatic carbocycles. The van der Waals surface area contributed by atoms with Gasteiger partial charge in [-0.05, 0) is 12.1 Å². The van der Waals surface area contributed by atoms with Crippen molar-refractivity contribution < 1.29 is 17.9 Å². The Morgan fingerprint density at radius 2 is 1.85 bits per heavy atom. The summed E-state index contributed by atoms with van der Waals surface area (Å²) in [5.74, 6) is -0.718. The van der Waals surface area contributed by atoms with Crippen LogP contribution in [0.2, 0.25) is 0 Å². The van der Waals surface area contributed by atoms with Gasteiger partial charge in [0.05, 0.1) is 7.11 Å². The lowest BCUT2D eigenvalue weighted by Gasteiger charge is -2.13. The number of halogens is 3. The topological polar surface area (TPSA) is 71.7 Å². The van der Waals surface area contributed by atoms with E-state index >= 15 is 0 Å². The molecule has 0 fully saturated rings. The highest BCUT2D eigenvalue weighted by Crippen LogP contribution is 2.37. The maximum atomic E-state index is 12.9. The summed E-state index contributed by atoms with van der Waals surface area (Å²) < 4.78 is 43.3. The first-order chi connectivity index (χ1) is 9.47. The van der Waals surface area contributed by atoms with E-state index in [1.807, 2.05) is 0 Å². The van der Waals surface area contributed by atoms with Gasteiger partial charge in [-0.15, -0.1) is 0 Å². The van der Waals surface area contributed by atoms with Crippen molar-refractivity contribution in [1.29, 1.82) is 5.26 Å². The van der Waals surface area contributed by atoms with Crippen LogP contribution in [0.25, 0.3) is 11.4 Å². The summed E-state index contributed by atoms with van der Waals surface area (Å²) in [5.41, 5.74) is -1.63. The van der Waals surface area contributed by atoms with E-state index in [-0.39, 0.29) is 5.82 Å². The van der Waals surface area contributed by atoms with Gasteiger partial charge in [-0.2, -0.15) is 23.4 Å². The fourth-order valence-electron chi connectivity index (χ4n) is 1.55. The number of rotatable bonds is 2. The molecule has 5 nitrogen and oxygen atoms in total. The summed E-state index contributed by atoms with van der Waals surface area (Å²) in [6, 6.07) is 4.45. The highest BCUT2D eigenvalue weighted by molar-refractivity contribution is 5.57. The minimum Gasteiger partial charge on any atom is -0.480 e. The van der Waals surface area contributed by atoms with Crippen LogP contribution in [0.4, 0.5) is 13.2 Å². The average molecular weight is 280 g/mol. The Hall–Kier alpha value is -2.69. The Labute approximate surface area is 111 Å². The van der Waals surface area contributed by atoms with Crippen LogP contribution >= 0.6 is 0 Å². The third-order valence-electron chi connectivity index (χ3n) is 2.40.